The molecule has 7 nitrogen and oxygen atoms in total. The molecule has 1 saturated carbocycles. The van der Waals surface area contributed by atoms with Gasteiger partial charge in [-0.25, -0.2) is 12.7 Å². The molecule has 1 aliphatic carbocycles. The van der Waals surface area contributed by atoms with Gasteiger partial charge in [0.25, 0.3) is 0 Å². The van der Waals surface area contributed by atoms with E-state index in [-0.39, 0.29) is 16.7 Å². The van der Waals surface area contributed by atoms with E-state index in [0.29, 0.717) is 18.3 Å². The molecule has 0 saturated heterocycles. The quantitative estimate of drug-likeness (QED) is 0.634. The van der Waals surface area contributed by atoms with Crippen LogP contribution in [-0.2, 0) is 21.4 Å². The molecule has 0 spiro atoms. The normalized spacial score (nSPS) is 19.0. The third-order valence-corrected chi connectivity index (χ3v) is 8.04. The Balaban J connectivity index is 1.72. The largest absolute Gasteiger partial charge is 0.496 e. The van der Waals surface area contributed by atoms with E-state index in [1.807, 2.05) is 25.2 Å². The van der Waals surface area contributed by atoms with E-state index >= 15 is 0 Å². The molecule has 32 heavy (non-hydrogen) atoms. The number of amides is 1. The van der Waals surface area contributed by atoms with Gasteiger partial charge in [-0.1, -0.05) is 18.2 Å². The lowest BCUT2D eigenvalue weighted by Gasteiger charge is -2.27. The Morgan fingerprint density at radius 2 is 1.66 bits per heavy atom. The Kier molecular flexibility index (Phi) is 7.92. The predicted octanol–water partition coefficient (Wildman–Crippen LogP) is 3.01. The molecule has 1 aliphatic rings. The Labute approximate surface area is 191 Å². The van der Waals surface area contributed by atoms with Crippen molar-refractivity contribution in [3.8, 4) is 16.9 Å². The molecule has 2 N–H and O–H groups in total. The second-order valence-corrected chi connectivity index (χ2v) is 10.5. The van der Waals surface area contributed by atoms with Crippen molar-refractivity contribution in [1.82, 2.24) is 14.9 Å². The minimum atomic E-state index is -3.47. The highest BCUT2D eigenvalue weighted by molar-refractivity contribution is 7.89. The SMILES string of the molecule is CNC1CCC(C(=O)NCc2cc(-c3ccc(S(=O)(=O)N(C)C)cc3)ccc2OC)CC1. The maximum absolute atomic E-state index is 12.7. The lowest BCUT2D eigenvalue weighted by molar-refractivity contribution is -0.126. The van der Waals surface area contributed by atoms with E-state index in [4.69, 9.17) is 4.74 Å². The fourth-order valence-electron chi connectivity index (χ4n) is 4.10. The number of sulfonamides is 1. The molecule has 2 aromatic carbocycles. The van der Waals surface area contributed by atoms with Gasteiger partial charge in [0.2, 0.25) is 15.9 Å². The van der Waals surface area contributed by atoms with Crippen LogP contribution >= 0.6 is 0 Å². The highest BCUT2D eigenvalue weighted by Crippen LogP contribution is 2.29. The summed E-state index contributed by atoms with van der Waals surface area (Å²) >= 11 is 0. The average Bonchev–Trinajstić information content (AvgIpc) is 2.82. The number of carbonyl (C=O) groups is 1. The number of methoxy groups -OCH3 is 1. The third kappa shape index (κ3) is 5.49. The molecule has 0 atom stereocenters. The summed E-state index contributed by atoms with van der Waals surface area (Å²) < 4.78 is 31.3. The number of carbonyl (C=O) groups excluding carboxylic acids is 1. The predicted molar refractivity (Wildman–Crippen MR) is 126 cm³/mol. The van der Waals surface area contributed by atoms with Crippen molar-refractivity contribution in [3.05, 3.63) is 48.0 Å². The molecular weight excluding hydrogens is 426 g/mol. The van der Waals surface area contributed by atoms with Crippen LogP contribution < -0.4 is 15.4 Å². The molecule has 0 unspecified atom stereocenters. The van der Waals surface area contributed by atoms with Crippen LogP contribution in [0.1, 0.15) is 31.2 Å². The monoisotopic (exact) mass is 459 g/mol. The summed E-state index contributed by atoms with van der Waals surface area (Å²) in [5, 5.41) is 6.36. The minimum Gasteiger partial charge on any atom is -0.496 e. The molecule has 3 rings (SSSR count). The van der Waals surface area contributed by atoms with Crippen LogP contribution in [0.5, 0.6) is 5.75 Å². The van der Waals surface area contributed by atoms with Crippen molar-refractivity contribution >= 4 is 15.9 Å². The Morgan fingerprint density at radius 1 is 1.03 bits per heavy atom. The summed E-state index contributed by atoms with van der Waals surface area (Å²) in [6.45, 7) is 0.384. The van der Waals surface area contributed by atoms with Crippen molar-refractivity contribution in [3.63, 3.8) is 0 Å². The second-order valence-electron chi connectivity index (χ2n) is 8.39. The first-order chi connectivity index (χ1) is 15.3. The molecule has 0 bridgehead atoms. The van der Waals surface area contributed by atoms with Crippen LogP contribution in [0.15, 0.2) is 47.4 Å². The zero-order valence-electron chi connectivity index (χ0n) is 19.2. The van der Waals surface area contributed by atoms with Gasteiger partial charge in [-0.3, -0.25) is 4.79 Å². The first-order valence-corrected chi connectivity index (χ1v) is 12.3. The number of nitrogens with one attached hydrogen (secondary N) is 2. The summed E-state index contributed by atoms with van der Waals surface area (Å²) in [5.41, 5.74) is 2.70. The molecule has 174 valence electrons. The molecule has 1 amide bonds. The van der Waals surface area contributed by atoms with E-state index < -0.39 is 10.0 Å². The van der Waals surface area contributed by atoms with Crippen molar-refractivity contribution < 1.29 is 17.9 Å². The number of nitrogens with zero attached hydrogens (tertiary/aromatic N) is 1. The van der Waals surface area contributed by atoms with Crippen LogP contribution in [0.2, 0.25) is 0 Å². The Hall–Kier alpha value is -2.42. The van der Waals surface area contributed by atoms with E-state index in [1.165, 1.54) is 18.4 Å². The van der Waals surface area contributed by atoms with Gasteiger partial charge in [-0.05, 0) is 68.1 Å². The molecule has 8 heteroatoms. The molecule has 0 aromatic heterocycles. The molecule has 2 aromatic rings. The zero-order chi connectivity index (χ0) is 23.3. The van der Waals surface area contributed by atoms with E-state index in [2.05, 4.69) is 10.6 Å². The summed E-state index contributed by atoms with van der Waals surface area (Å²) in [4.78, 5) is 12.9. The fraction of sp³-hybridized carbons (Fsp3) is 0.458. The van der Waals surface area contributed by atoms with Gasteiger partial charge in [0.15, 0.2) is 0 Å². The molecule has 0 radical (unpaired) electrons. The van der Waals surface area contributed by atoms with Gasteiger partial charge in [0.1, 0.15) is 5.75 Å². The van der Waals surface area contributed by atoms with Crippen LogP contribution in [0.3, 0.4) is 0 Å². The fourth-order valence-corrected chi connectivity index (χ4v) is 5.00. The van der Waals surface area contributed by atoms with Crippen LogP contribution in [0, 0.1) is 5.92 Å². The summed E-state index contributed by atoms with van der Waals surface area (Å²) in [6.07, 6.45) is 3.84. The molecular formula is C24H33N3O4S. The van der Waals surface area contributed by atoms with E-state index in [9.17, 15) is 13.2 Å². The van der Waals surface area contributed by atoms with Crippen LogP contribution in [0.4, 0.5) is 0 Å². The smallest absolute Gasteiger partial charge is 0.242 e. The van der Waals surface area contributed by atoms with Gasteiger partial charge in [-0.15, -0.1) is 0 Å². The molecule has 1 fully saturated rings. The molecule has 0 aliphatic heterocycles. The topological polar surface area (TPSA) is 87.7 Å². The maximum Gasteiger partial charge on any atom is 0.242 e. The number of hydrogen-bond acceptors (Lipinski definition) is 5. The second kappa shape index (κ2) is 10.5. The summed E-state index contributed by atoms with van der Waals surface area (Å²) in [7, 11) is 3.14. The first-order valence-electron chi connectivity index (χ1n) is 10.9. The zero-order valence-corrected chi connectivity index (χ0v) is 20.0. The summed E-state index contributed by atoms with van der Waals surface area (Å²) in [6, 6.07) is 13.1. The van der Waals surface area contributed by atoms with Crippen molar-refractivity contribution in [2.75, 3.05) is 28.3 Å². The Morgan fingerprint density at radius 3 is 2.22 bits per heavy atom. The van der Waals surface area contributed by atoms with E-state index in [1.54, 1.807) is 31.4 Å². The average molecular weight is 460 g/mol. The van der Waals surface area contributed by atoms with Gasteiger partial charge < -0.3 is 15.4 Å². The van der Waals surface area contributed by atoms with E-state index in [0.717, 1.165) is 42.4 Å². The van der Waals surface area contributed by atoms with Gasteiger partial charge >= 0.3 is 0 Å². The number of benzene rings is 2. The Bertz CT molecular complexity index is 1030. The van der Waals surface area contributed by atoms with Crippen molar-refractivity contribution in [2.24, 2.45) is 5.92 Å². The minimum absolute atomic E-state index is 0.0555. The van der Waals surface area contributed by atoms with Crippen molar-refractivity contribution in [1.29, 1.82) is 0 Å². The maximum atomic E-state index is 12.7. The number of ether oxygens (including phenoxy) is 1. The van der Waals surface area contributed by atoms with Crippen LogP contribution in [0.25, 0.3) is 11.1 Å². The highest BCUT2D eigenvalue weighted by atomic mass is 32.2. The number of hydrogen-bond donors (Lipinski definition) is 2. The lowest BCUT2D eigenvalue weighted by Crippen LogP contribution is -2.37. The van der Waals surface area contributed by atoms with Gasteiger partial charge in [0.05, 0.1) is 12.0 Å². The lowest BCUT2D eigenvalue weighted by atomic mass is 9.85. The van der Waals surface area contributed by atoms with Crippen LogP contribution in [-0.4, -0.2) is 52.9 Å². The van der Waals surface area contributed by atoms with Gasteiger partial charge in [-0.2, -0.15) is 0 Å². The van der Waals surface area contributed by atoms with Crippen molar-refractivity contribution in [2.45, 2.75) is 43.2 Å². The molecule has 0 heterocycles. The summed E-state index contributed by atoms with van der Waals surface area (Å²) in [5.74, 6) is 0.852. The van der Waals surface area contributed by atoms with Gasteiger partial charge in [0, 0.05) is 38.2 Å². The third-order valence-electron chi connectivity index (χ3n) is 6.21. The number of rotatable bonds is 8. The first kappa shape index (κ1) is 24.2. The highest BCUT2D eigenvalue weighted by Gasteiger charge is 2.25. The standard InChI is InChI=1S/C24H33N3O4S/c1-25-21-10-5-18(6-11-21)24(28)26-16-20-15-19(9-14-23(20)31-4)17-7-12-22(13-8-17)32(29,30)27(2)3/h7-9,12-15,18,21,25H,5-6,10-11,16H2,1-4H3,(H,26,28).